The molecule has 11 rings (SSSR count). The van der Waals surface area contributed by atoms with Crippen molar-refractivity contribution in [2.24, 2.45) is 0 Å². The number of hydrogen-bond donors (Lipinski definition) is 0. The first-order chi connectivity index (χ1) is 28.2. The van der Waals surface area contributed by atoms with Crippen LogP contribution >= 0.6 is 0 Å². The summed E-state index contributed by atoms with van der Waals surface area (Å²) in [6, 6.07) is 67.3. The zero-order valence-electron chi connectivity index (χ0n) is 30.5. The summed E-state index contributed by atoms with van der Waals surface area (Å²) in [5.41, 5.74) is 14.6. The second-order valence-corrected chi connectivity index (χ2v) is 14.5. The summed E-state index contributed by atoms with van der Waals surface area (Å²) in [5, 5.41) is 21.6. The number of aromatic nitrogens is 2. The molecular formula is C52H30N4O. The van der Waals surface area contributed by atoms with Gasteiger partial charge in [0.05, 0.1) is 39.7 Å². The average molecular weight is 727 g/mol. The fraction of sp³-hybridized carbons (Fsp3) is 0.0192. The second kappa shape index (κ2) is 12.5. The Hall–Kier alpha value is -7.99. The Labute approximate surface area is 328 Å². The summed E-state index contributed by atoms with van der Waals surface area (Å²) in [6.45, 7) is 0. The van der Waals surface area contributed by atoms with Crippen LogP contribution in [0.2, 0.25) is 0 Å². The lowest BCUT2D eigenvalue weighted by Gasteiger charge is -2.34. The fourth-order valence-electron chi connectivity index (χ4n) is 9.18. The molecule has 0 fully saturated rings. The Morgan fingerprint density at radius 3 is 1.95 bits per heavy atom. The second-order valence-electron chi connectivity index (χ2n) is 14.5. The summed E-state index contributed by atoms with van der Waals surface area (Å²) in [4.78, 5) is 5.16. The monoisotopic (exact) mass is 726 g/mol. The molecule has 5 heteroatoms. The molecule has 0 N–H and O–H groups in total. The van der Waals surface area contributed by atoms with Crippen LogP contribution < -0.4 is 0 Å². The van der Waals surface area contributed by atoms with Gasteiger partial charge in [-0.15, -0.1) is 0 Å². The van der Waals surface area contributed by atoms with Crippen molar-refractivity contribution >= 4 is 33.0 Å². The summed E-state index contributed by atoms with van der Waals surface area (Å²) < 4.78 is 8.88. The van der Waals surface area contributed by atoms with Crippen molar-refractivity contribution in [2.75, 3.05) is 0 Å². The van der Waals surface area contributed by atoms with E-state index in [4.69, 9.17) is 9.40 Å². The van der Waals surface area contributed by atoms with Gasteiger partial charge < -0.3 is 4.42 Å². The molecule has 2 aromatic heterocycles. The molecule has 1 aliphatic rings. The van der Waals surface area contributed by atoms with Crippen molar-refractivity contribution in [3.05, 3.63) is 215 Å². The van der Waals surface area contributed by atoms with Gasteiger partial charge in [-0.05, 0) is 99.1 Å². The lowest BCUT2D eigenvalue weighted by Crippen LogP contribution is -2.28. The van der Waals surface area contributed by atoms with Crippen LogP contribution in [0.25, 0.3) is 72.3 Å². The number of furan rings is 1. The van der Waals surface area contributed by atoms with Gasteiger partial charge in [0.1, 0.15) is 17.0 Å². The number of rotatable bonds is 5. The minimum Gasteiger partial charge on any atom is -0.456 e. The summed E-state index contributed by atoms with van der Waals surface area (Å²) in [6.07, 6.45) is 0. The van der Waals surface area contributed by atoms with Crippen molar-refractivity contribution in [1.82, 2.24) is 9.55 Å². The maximum Gasteiger partial charge on any atom is 0.145 e. The Morgan fingerprint density at radius 1 is 0.509 bits per heavy atom. The molecule has 0 radical (unpaired) electrons. The van der Waals surface area contributed by atoms with E-state index in [2.05, 4.69) is 150 Å². The average Bonchev–Trinajstić information content (AvgIpc) is 3.95. The van der Waals surface area contributed by atoms with E-state index in [1.807, 2.05) is 48.5 Å². The lowest BCUT2D eigenvalue weighted by atomic mass is 9.67. The highest BCUT2D eigenvalue weighted by molar-refractivity contribution is 6.20. The quantitative estimate of drug-likeness (QED) is 0.177. The predicted octanol–water partition coefficient (Wildman–Crippen LogP) is 12.4. The molecule has 1 aliphatic carbocycles. The smallest absolute Gasteiger partial charge is 0.145 e. The number of imidazole rings is 1. The van der Waals surface area contributed by atoms with Gasteiger partial charge in [0.25, 0.3) is 0 Å². The van der Waals surface area contributed by atoms with Crippen molar-refractivity contribution < 1.29 is 4.42 Å². The molecule has 0 bridgehead atoms. The largest absolute Gasteiger partial charge is 0.456 e. The Bertz CT molecular complexity index is 3290. The molecule has 5 nitrogen and oxygen atoms in total. The SMILES string of the molecule is N#Cc1ccc(-c2cc(C#N)cc3oc4ccc5c(c4c23)-c2ccccc2C5(c2ccccc2)c2ccc(-c3nc4ccccc4n3-c3ccccc3)cc2)cc1. The number of hydrogen-bond acceptors (Lipinski definition) is 4. The minimum absolute atomic E-state index is 0.512. The van der Waals surface area contributed by atoms with Crippen molar-refractivity contribution in [3.63, 3.8) is 0 Å². The first kappa shape index (κ1) is 32.4. The molecule has 1 unspecified atom stereocenters. The molecule has 264 valence electrons. The molecule has 1 atom stereocenters. The summed E-state index contributed by atoms with van der Waals surface area (Å²) in [5.74, 6) is 0.883. The zero-order chi connectivity index (χ0) is 38.1. The molecule has 0 spiro atoms. The van der Waals surface area contributed by atoms with Crippen LogP contribution in [0.5, 0.6) is 0 Å². The van der Waals surface area contributed by atoms with Crippen LogP contribution in [0.1, 0.15) is 33.4 Å². The van der Waals surface area contributed by atoms with Gasteiger partial charge in [0, 0.05) is 22.0 Å². The van der Waals surface area contributed by atoms with E-state index < -0.39 is 5.41 Å². The van der Waals surface area contributed by atoms with Crippen LogP contribution in [-0.4, -0.2) is 9.55 Å². The van der Waals surface area contributed by atoms with Gasteiger partial charge >= 0.3 is 0 Å². The fourth-order valence-corrected chi connectivity index (χ4v) is 9.18. The highest BCUT2D eigenvalue weighted by Gasteiger charge is 2.47. The normalized spacial score (nSPS) is 14.4. The van der Waals surface area contributed by atoms with E-state index in [-0.39, 0.29) is 0 Å². The van der Waals surface area contributed by atoms with E-state index in [1.54, 1.807) is 0 Å². The maximum absolute atomic E-state index is 10.1. The molecule has 57 heavy (non-hydrogen) atoms. The maximum atomic E-state index is 10.1. The highest BCUT2D eigenvalue weighted by atomic mass is 16.3. The van der Waals surface area contributed by atoms with Crippen LogP contribution in [0.15, 0.2) is 186 Å². The van der Waals surface area contributed by atoms with E-state index in [0.717, 1.165) is 83.4 Å². The standard InChI is InChI=1S/C52H30N4O/c53-31-33-19-21-35(22-20-33)41-29-34(32-54)30-47-49(41)50-46(57-47)28-27-43-48(50)40-15-7-8-16-42(40)52(43,37-11-3-1-4-12-37)38-25-23-36(24-26-38)51-55-44-17-9-10-18-45(44)56(51)39-13-5-2-6-14-39/h1-30H. The Kier molecular flexibility index (Phi) is 7.13. The van der Waals surface area contributed by atoms with Crippen LogP contribution in [0.3, 0.4) is 0 Å². The van der Waals surface area contributed by atoms with Gasteiger partial charge in [0.15, 0.2) is 0 Å². The van der Waals surface area contributed by atoms with Gasteiger partial charge in [-0.2, -0.15) is 10.5 Å². The van der Waals surface area contributed by atoms with Gasteiger partial charge in [-0.3, -0.25) is 4.57 Å². The van der Waals surface area contributed by atoms with E-state index in [0.29, 0.717) is 16.7 Å². The summed E-state index contributed by atoms with van der Waals surface area (Å²) >= 11 is 0. The highest BCUT2D eigenvalue weighted by Crippen LogP contribution is 2.59. The zero-order valence-corrected chi connectivity index (χ0v) is 30.5. The van der Waals surface area contributed by atoms with Crippen LogP contribution in [0.4, 0.5) is 0 Å². The van der Waals surface area contributed by atoms with E-state index >= 15 is 0 Å². The first-order valence-electron chi connectivity index (χ1n) is 18.9. The number of nitrogens with zero attached hydrogens (tertiary/aromatic N) is 4. The van der Waals surface area contributed by atoms with E-state index in [9.17, 15) is 10.5 Å². The van der Waals surface area contributed by atoms with Gasteiger partial charge in [-0.25, -0.2) is 4.98 Å². The predicted molar refractivity (Wildman–Crippen MR) is 226 cm³/mol. The molecule has 0 saturated carbocycles. The number of para-hydroxylation sites is 3. The van der Waals surface area contributed by atoms with Crippen molar-refractivity contribution in [3.8, 4) is 51.5 Å². The molecule has 10 aromatic rings. The minimum atomic E-state index is -0.662. The van der Waals surface area contributed by atoms with Gasteiger partial charge in [-0.1, -0.05) is 127 Å². The third-order valence-corrected chi connectivity index (χ3v) is 11.6. The van der Waals surface area contributed by atoms with Crippen molar-refractivity contribution in [2.45, 2.75) is 5.41 Å². The van der Waals surface area contributed by atoms with E-state index in [1.165, 1.54) is 5.56 Å². The topological polar surface area (TPSA) is 78.5 Å². The van der Waals surface area contributed by atoms with Crippen LogP contribution in [-0.2, 0) is 5.41 Å². The van der Waals surface area contributed by atoms with Crippen LogP contribution in [0, 0.1) is 22.7 Å². The molecule has 2 heterocycles. The molecule has 8 aromatic carbocycles. The number of fused-ring (bicyclic) bond motifs is 8. The van der Waals surface area contributed by atoms with Crippen molar-refractivity contribution in [1.29, 1.82) is 10.5 Å². The van der Waals surface area contributed by atoms with Gasteiger partial charge in [0.2, 0.25) is 0 Å². The molecule has 0 saturated heterocycles. The Morgan fingerprint density at radius 2 is 1.18 bits per heavy atom. The number of nitriles is 2. The first-order valence-corrected chi connectivity index (χ1v) is 18.9. The molecule has 0 amide bonds. The Balaban J connectivity index is 1.19. The summed E-state index contributed by atoms with van der Waals surface area (Å²) in [7, 11) is 0. The third kappa shape index (κ3) is 4.70. The lowest BCUT2D eigenvalue weighted by molar-refractivity contribution is 0.668. The number of benzene rings is 8. The molecular weight excluding hydrogens is 697 g/mol. The molecule has 0 aliphatic heterocycles. The third-order valence-electron chi connectivity index (χ3n) is 11.6.